The van der Waals surface area contributed by atoms with Crippen LogP contribution in [-0.2, 0) is 19.9 Å². The van der Waals surface area contributed by atoms with Crippen LogP contribution in [0.15, 0.2) is 36.7 Å². The minimum atomic E-state index is 0.425. The number of nitrogens with zero attached hydrogens (tertiary/aromatic N) is 2. The van der Waals surface area contributed by atoms with Crippen molar-refractivity contribution in [1.29, 1.82) is 0 Å². The second-order valence-corrected chi connectivity index (χ2v) is 4.83. The van der Waals surface area contributed by atoms with Crippen LogP contribution < -0.4 is 5.32 Å². The summed E-state index contributed by atoms with van der Waals surface area (Å²) in [6, 6.07) is 9.18. The molecule has 0 amide bonds. The van der Waals surface area contributed by atoms with E-state index >= 15 is 0 Å². The van der Waals surface area contributed by atoms with Crippen LogP contribution in [0.25, 0.3) is 0 Å². The first-order valence-electron chi connectivity index (χ1n) is 6.38. The minimum Gasteiger partial charge on any atom is -0.338 e. The fraction of sp³-hybridized carbons (Fsp3) is 0.400. The van der Waals surface area contributed by atoms with E-state index in [-0.39, 0.29) is 0 Å². The van der Waals surface area contributed by atoms with Gasteiger partial charge in [0.15, 0.2) is 0 Å². The van der Waals surface area contributed by atoms with E-state index in [1.165, 1.54) is 11.1 Å². The van der Waals surface area contributed by atoms with Gasteiger partial charge in [0.2, 0.25) is 0 Å². The van der Waals surface area contributed by atoms with Gasteiger partial charge in [-0.2, -0.15) is 0 Å². The Morgan fingerprint density at radius 2 is 1.94 bits per heavy atom. The maximum Gasteiger partial charge on any atom is 0.109 e. The lowest BCUT2D eigenvalue weighted by molar-refractivity contribution is 0.534. The molecule has 2 rings (SSSR count). The van der Waals surface area contributed by atoms with Crippen LogP contribution in [0.2, 0.25) is 0 Å². The largest absolute Gasteiger partial charge is 0.338 e. The van der Waals surface area contributed by atoms with Crippen LogP contribution in [0.5, 0.6) is 0 Å². The summed E-state index contributed by atoms with van der Waals surface area (Å²) in [6.07, 6.45) is 5.83. The average molecular weight is 243 g/mol. The number of rotatable bonds is 5. The van der Waals surface area contributed by atoms with Gasteiger partial charge < -0.3 is 9.88 Å². The molecule has 1 atom stereocenters. The topological polar surface area (TPSA) is 29.9 Å². The summed E-state index contributed by atoms with van der Waals surface area (Å²) in [4.78, 5) is 4.38. The molecule has 3 nitrogen and oxygen atoms in total. The molecule has 1 aromatic carbocycles. The quantitative estimate of drug-likeness (QED) is 0.871. The van der Waals surface area contributed by atoms with Gasteiger partial charge in [-0.05, 0) is 26.0 Å². The van der Waals surface area contributed by atoms with E-state index in [2.05, 4.69) is 46.1 Å². The lowest BCUT2D eigenvalue weighted by atomic mass is 10.0. The van der Waals surface area contributed by atoms with Gasteiger partial charge in [0.05, 0.1) is 0 Å². The highest BCUT2D eigenvalue weighted by atomic mass is 15.0. The Kier molecular flexibility index (Phi) is 4.15. The fourth-order valence-corrected chi connectivity index (χ4v) is 2.10. The lowest BCUT2D eigenvalue weighted by Crippen LogP contribution is -2.30. The molecule has 1 aromatic heterocycles. The fourth-order valence-electron chi connectivity index (χ4n) is 2.10. The molecule has 1 heterocycles. The van der Waals surface area contributed by atoms with E-state index in [4.69, 9.17) is 0 Å². The normalized spacial score (nSPS) is 12.6. The summed E-state index contributed by atoms with van der Waals surface area (Å²) in [6.45, 7) is 2.12. The van der Waals surface area contributed by atoms with E-state index in [1.807, 2.05) is 26.5 Å². The molecule has 1 N–H and O–H groups in total. The number of imidazole rings is 1. The van der Waals surface area contributed by atoms with Crippen molar-refractivity contribution >= 4 is 0 Å². The van der Waals surface area contributed by atoms with E-state index < -0.39 is 0 Å². The second-order valence-electron chi connectivity index (χ2n) is 4.83. The van der Waals surface area contributed by atoms with Crippen molar-refractivity contribution in [3.63, 3.8) is 0 Å². The monoisotopic (exact) mass is 243 g/mol. The first-order valence-corrected chi connectivity index (χ1v) is 6.38. The molecule has 96 valence electrons. The van der Waals surface area contributed by atoms with Crippen LogP contribution >= 0.6 is 0 Å². The third kappa shape index (κ3) is 3.20. The number of nitrogens with one attached hydrogen (secondary N) is 1. The zero-order valence-electron chi connectivity index (χ0n) is 11.4. The summed E-state index contributed by atoms with van der Waals surface area (Å²) in [5.41, 5.74) is 2.68. The molecule has 0 radical (unpaired) electrons. The minimum absolute atomic E-state index is 0.425. The predicted molar refractivity (Wildman–Crippen MR) is 74.6 cm³/mol. The van der Waals surface area contributed by atoms with Crippen molar-refractivity contribution in [1.82, 2.24) is 14.9 Å². The number of benzene rings is 1. The van der Waals surface area contributed by atoms with E-state index in [0.717, 1.165) is 18.7 Å². The van der Waals surface area contributed by atoms with Gasteiger partial charge in [-0.25, -0.2) is 4.98 Å². The van der Waals surface area contributed by atoms with Crippen molar-refractivity contribution in [2.24, 2.45) is 7.05 Å². The van der Waals surface area contributed by atoms with Crippen molar-refractivity contribution in [2.75, 3.05) is 7.05 Å². The molecule has 0 saturated heterocycles. The maximum absolute atomic E-state index is 4.38. The average Bonchev–Trinajstić information content (AvgIpc) is 2.77. The van der Waals surface area contributed by atoms with Gasteiger partial charge in [-0.15, -0.1) is 0 Å². The smallest absolute Gasteiger partial charge is 0.109 e. The van der Waals surface area contributed by atoms with Gasteiger partial charge in [0.1, 0.15) is 5.82 Å². The Morgan fingerprint density at radius 3 is 2.50 bits per heavy atom. The summed E-state index contributed by atoms with van der Waals surface area (Å²) in [7, 11) is 4.06. The molecule has 0 spiro atoms. The molecule has 0 saturated carbocycles. The Hall–Kier alpha value is -1.61. The third-order valence-electron chi connectivity index (χ3n) is 3.36. The first-order chi connectivity index (χ1) is 8.69. The highest BCUT2D eigenvalue weighted by Crippen LogP contribution is 2.09. The van der Waals surface area contributed by atoms with Crippen molar-refractivity contribution in [2.45, 2.75) is 25.8 Å². The van der Waals surface area contributed by atoms with Crippen LogP contribution in [0.3, 0.4) is 0 Å². The first kappa shape index (κ1) is 12.8. The van der Waals surface area contributed by atoms with Crippen LogP contribution in [0.4, 0.5) is 0 Å². The second kappa shape index (κ2) is 5.83. The lowest BCUT2D eigenvalue weighted by Gasteiger charge is -2.16. The predicted octanol–water partition coefficient (Wildman–Crippen LogP) is 2.10. The standard InChI is InChI=1S/C15H21N3/c1-12-4-6-13(7-5-12)10-14(16-2)11-15-17-8-9-18(15)3/h4-9,14,16H,10-11H2,1-3H3. The Balaban J connectivity index is 2.01. The molecule has 18 heavy (non-hydrogen) atoms. The molecule has 0 fully saturated rings. The number of hydrogen-bond donors (Lipinski definition) is 1. The number of likely N-dealkylation sites (N-methyl/N-ethyl adjacent to an activating group) is 1. The summed E-state index contributed by atoms with van der Waals surface area (Å²) in [5.74, 6) is 1.13. The molecule has 3 heteroatoms. The third-order valence-corrected chi connectivity index (χ3v) is 3.36. The van der Waals surface area contributed by atoms with E-state index in [9.17, 15) is 0 Å². The highest BCUT2D eigenvalue weighted by Gasteiger charge is 2.11. The number of hydrogen-bond acceptors (Lipinski definition) is 2. The molecule has 0 aliphatic carbocycles. The molecular weight excluding hydrogens is 222 g/mol. The van der Waals surface area contributed by atoms with E-state index in [0.29, 0.717) is 6.04 Å². The van der Waals surface area contributed by atoms with Crippen molar-refractivity contribution in [3.05, 3.63) is 53.6 Å². The number of aryl methyl sites for hydroxylation is 2. The molecule has 2 aromatic rings. The van der Waals surface area contributed by atoms with E-state index in [1.54, 1.807) is 0 Å². The molecule has 0 aliphatic heterocycles. The van der Waals surface area contributed by atoms with Gasteiger partial charge in [-0.1, -0.05) is 29.8 Å². The van der Waals surface area contributed by atoms with Crippen molar-refractivity contribution in [3.8, 4) is 0 Å². The molecular formula is C15H21N3. The van der Waals surface area contributed by atoms with Gasteiger partial charge in [0.25, 0.3) is 0 Å². The highest BCUT2D eigenvalue weighted by molar-refractivity contribution is 5.22. The zero-order chi connectivity index (χ0) is 13.0. The van der Waals surface area contributed by atoms with Crippen LogP contribution in [0, 0.1) is 6.92 Å². The Bertz CT molecular complexity index is 485. The van der Waals surface area contributed by atoms with Gasteiger partial charge in [-0.3, -0.25) is 0 Å². The Labute approximate surface area is 109 Å². The SMILES string of the molecule is CNC(Cc1ccc(C)cc1)Cc1nccn1C. The summed E-state index contributed by atoms with van der Waals surface area (Å²) in [5, 5.41) is 3.38. The van der Waals surface area contributed by atoms with Gasteiger partial charge >= 0.3 is 0 Å². The summed E-state index contributed by atoms with van der Waals surface area (Å²) >= 11 is 0. The molecule has 1 unspecified atom stereocenters. The van der Waals surface area contributed by atoms with Crippen LogP contribution in [0.1, 0.15) is 17.0 Å². The summed E-state index contributed by atoms with van der Waals surface area (Å²) < 4.78 is 2.08. The molecule has 0 bridgehead atoms. The Morgan fingerprint density at radius 1 is 1.22 bits per heavy atom. The zero-order valence-corrected chi connectivity index (χ0v) is 11.4. The number of aromatic nitrogens is 2. The van der Waals surface area contributed by atoms with Crippen LogP contribution in [-0.4, -0.2) is 22.6 Å². The van der Waals surface area contributed by atoms with Crippen molar-refractivity contribution < 1.29 is 0 Å². The molecule has 0 aliphatic rings. The maximum atomic E-state index is 4.38. The van der Waals surface area contributed by atoms with Gasteiger partial charge in [0, 0.05) is 31.9 Å².